The van der Waals surface area contributed by atoms with E-state index in [4.69, 9.17) is 13.6 Å². The highest BCUT2D eigenvalue weighted by molar-refractivity contribution is 7.42. The Kier molecular flexibility index (Phi) is 3.76. The molecule has 0 N–H and O–H groups in total. The largest absolute Gasteiger partial charge is 0.424 e. The van der Waals surface area contributed by atoms with Crippen molar-refractivity contribution in [3.8, 4) is 5.75 Å². The van der Waals surface area contributed by atoms with E-state index >= 15 is 0 Å². The molecule has 1 aliphatic carbocycles. The van der Waals surface area contributed by atoms with Crippen molar-refractivity contribution < 1.29 is 13.6 Å². The van der Waals surface area contributed by atoms with Gasteiger partial charge in [-0.15, -0.1) is 0 Å². The second-order valence-corrected chi connectivity index (χ2v) is 6.73. The van der Waals surface area contributed by atoms with Crippen molar-refractivity contribution in [2.45, 2.75) is 31.8 Å². The number of hydrogen-bond donors (Lipinski definition) is 0. The topological polar surface area (TPSA) is 40.6 Å². The van der Waals surface area contributed by atoms with E-state index in [0.29, 0.717) is 12.0 Å². The smallest absolute Gasteiger partial charge is 0.397 e. The van der Waals surface area contributed by atoms with Gasteiger partial charge in [-0.05, 0) is 25.0 Å². The second kappa shape index (κ2) is 5.88. The second-order valence-electron chi connectivity index (χ2n) is 5.63. The Balaban J connectivity index is 1.52. The van der Waals surface area contributed by atoms with Crippen LogP contribution in [0.15, 0.2) is 36.5 Å². The lowest BCUT2D eigenvalue weighted by atomic mass is 9.87. The molecule has 4 nitrogen and oxygen atoms in total. The van der Waals surface area contributed by atoms with Crippen LogP contribution in [0.5, 0.6) is 5.75 Å². The Morgan fingerprint density at radius 3 is 3.05 bits per heavy atom. The van der Waals surface area contributed by atoms with Gasteiger partial charge < -0.3 is 9.05 Å². The van der Waals surface area contributed by atoms with Crippen LogP contribution >= 0.6 is 8.60 Å². The average molecular weight is 303 g/mol. The van der Waals surface area contributed by atoms with Gasteiger partial charge in [0.1, 0.15) is 5.52 Å². The lowest BCUT2D eigenvalue weighted by Crippen LogP contribution is -2.34. The number of nitrogens with zero attached hydrogens (tertiary/aromatic N) is 1. The zero-order valence-corrected chi connectivity index (χ0v) is 12.7. The minimum absolute atomic E-state index is 0.307. The van der Waals surface area contributed by atoms with Gasteiger partial charge in [-0.3, -0.25) is 9.51 Å². The van der Waals surface area contributed by atoms with Gasteiger partial charge in [-0.25, -0.2) is 0 Å². The summed E-state index contributed by atoms with van der Waals surface area (Å²) in [7, 11) is -1.30. The number of para-hydroxylation sites is 1. The van der Waals surface area contributed by atoms with Crippen molar-refractivity contribution in [3.05, 3.63) is 36.5 Å². The molecule has 1 aliphatic heterocycles. The van der Waals surface area contributed by atoms with E-state index in [9.17, 15) is 0 Å². The minimum atomic E-state index is -1.30. The average Bonchev–Trinajstić information content (AvgIpc) is 2.55. The predicted octanol–water partition coefficient (Wildman–Crippen LogP) is 4.45. The summed E-state index contributed by atoms with van der Waals surface area (Å²) < 4.78 is 17.8. The van der Waals surface area contributed by atoms with Crippen LogP contribution in [0.4, 0.5) is 0 Å². The van der Waals surface area contributed by atoms with Crippen LogP contribution in [0.2, 0.25) is 0 Å². The van der Waals surface area contributed by atoms with E-state index in [1.165, 1.54) is 19.3 Å². The Hall–Kier alpha value is -1.22. The van der Waals surface area contributed by atoms with E-state index in [0.717, 1.165) is 29.7 Å². The van der Waals surface area contributed by atoms with Gasteiger partial charge in [0, 0.05) is 17.5 Å². The van der Waals surface area contributed by atoms with Gasteiger partial charge in [-0.2, -0.15) is 0 Å². The molecule has 4 rings (SSSR count). The first kappa shape index (κ1) is 13.4. The molecule has 2 fully saturated rings. The third-order valence-electron chi connectivity index (χ3n) is 4.22. The van der Waals surface area contributed by atoms with Crippen molar-refractivity contribution in [2.24, 2.45) is 5.92 Å². The molecule has 1 saturated carbocycles. The number of aromatic nitrogens is 1. The van der Waals surface area contributed by atoms with Crippen molar-refractivity contribution in [2.75, 3.05) is 6.61 Å². The molecule has 2 heterocycles. The third kappa shape index (κ3) is 2.76. The van der Waals surface area contributed by atoms with Crippen LogP contribution in [0.1, 0.15) is 25.7 Å². The summed E-state index contributed by atoms with van der Waals surface area (Å²) in [6, 6.07) is 9.89. The highest BCUT2D eigenvalue weighted by Gasteiger charge is 2.36. The van der Waals surface area contributed by atoms with Crippen LogP contribution in [0, 0.1) is 5.92 Å². The molecule has 21 heavy (non-hydrogen) atoms. The maximum absolute atomic E-state index is 6.04. The summed E-state index contributed by atoms with van der Waals surface area (Å²) in [5.41, 5.74) is 0.862. The van der Waals surface area contributed by atoms with E-state index in [-0.39, 0.29) is 0 Å². The van der Waals surface area contributed by atoms with Crippen molar-refractivity contribution in [1.82, 2.24) is 4.98 Å². The van der Waals surface area contributed by atoms with E-state index in [2.05, 4.69) is 4.98 Å². The normalized spacial score (nSPS) is 29.0. The van der Waals surface area contributed by atoms with Crippen LogP contribution in [-0.4, -0.2) is 17.7 Å². The fraction of sp³-hybridized carbons (Fsp3) is 0.438. The SMILES string of the molecule is c1cnc2c(OP3OCC4CCCCC4O3)cccc2c1. The maximum Gasteiger partial charge on any atom is 0.397 e. The highest BCUT2D eigenvalue weighted by Crippen LogP contribution is 2.50. The number of fused-ring (bicyclic) bond motifs is 2. The van der Waals surface area contributed by atoms with Crippen LogP contribution in [-0.2, 0) is 9.05 Å². The summed E-state index contributed by atoms with van der Waals surface area (Å²) in [4.78, 5) is 4.40. The maximum atomic E-state index is 6.04. The lowest BCUT2D eigenvalue weighted by Gasteiger charge is -2.37. The van der Waals surface area contributed by atoms with Crippen LogP contribution < -0.4 is 4.52 Å². The Labute approximate surface area is 125 Å². The van der Waals surface area contributed by atoms with Gasteiger partial charge in [0.25, 0.3) is 0 Å². The molecule has 2 aliphatic rings. The lowest BCUT2D eigenvalue weighted by molar-refractivity contribution is 0.00341. The van der Waals surface area contributed by atoms with Gasteiger partial charge in [0.15, 0.2) is 5.75 Å². The van der Waals surface area contributed by atoms with Gasteiger partial charge in [0.05, 0.1) is 12.7 Å². The first-order chi connectivity index (χ1) is 10.4. The Bertz CT molecular complexity index is 630. The summed E-state index contributed by atoms with van der Waals surface area (Å²) >= 11 is 0. The molecule has 5 heteroatoms. The third-order valence-corrected chi connectivity index (χ3v) is 5.37. The monoisotopic (exact) mass is 303 g/mol. The van der Waals surface area contributed by atoms with Crippen molar-refractivity contribution >= 4 is 19.5 Å². The van der Waals surface area contributed by atoms with E-state index in [1.54, 1.807) is 6.20 Å². The van der Waals surface area contributed by atoms with Gasteiger partial charge in [-0.1, -0.05) is 31.0 Å². The molecular weight excluding hydrogens is 285 g/mol. The Morgan fingerprint density at radius 1 is 1.14 bits per heavy atom. The molecule has 0 radical (unpaired) electrons. The fourth-order valence-electron chi connectivity index (χ4n) is 3.08. The minimum Gasteiger partial charge on any atom is -0.424 e. The number of pyridine rings is 1. The molecule has 1 aromatic heterocycles. The number of hydrogen-bond acceptors (Lipinski definition) is 4. The first-order valence-corrected chi connectivity index (χ1v) is 8.61. The fourth-order valence-corrected chi connectivity index (χ4v) is 4.36. The molecule has 3 unspecified atom stereocenters. The molecular formula is C16H18NO3P. The molecule has 1 aromatic carbocycles. The molecule has 0 amide bonds. The number of rotatable bonds is 2. The van der Waals surface area contributed by atoms with Crippen LogP contribution in [0.3, 0.4) is 0 Å². The predicted molar refractivity (Wildman–Crippen MR) is 82.1 cm³/mol. The van der Waals surface area contributed by atoms with Gasteiger partial charge >= 0.3 is 8.60 Å². The quantitative estimate of drug-likeness (QED) is 0.769. The van der Waals surface area contributed by atoms with Crippen molar-refractivity contribution in [3.63, 3.8) is 0 Å². The molecule has 0 bridgehead atoms. The summed E-state index contributed by atoms with van der Waals surface area (Å²) in [6.45, 7) is 0.758. The molecule has 0 spiro atoms. The zero-order valence-electron chi connectivity index (χ0n) is 11.8. The summed E-state index contributed by atoms with van der Waals surface area (Å²) in [6.07, 6.45) is 6.97. The van der Waals surface area contributed by atoms with Crippen LogP contribution in [0.25, 0.3) is 10.9 Å². The summed E-state index contributed by atoms with van der Waals surface area (Å²) in [5, 5.41) is 1.07. The number of benzene rings is 1. The molecule has 1 saturated heterocycles. The zero-order chi connectivity index (χ0) is 14.1. The molecule has 110 valence electrons. The van der Waals surface area contributed by atoms with E-state index in [1.807, 2.05) is 30.3 Å². The van der Waals surface area contributed by atoms with E-state index < -0.39 is 8.60 Å². The summed E-state index contributed by atoms with van der Waals surface area (Å²) in [5.74, 6) is 1.29. The standard InChI is InChI=1S/C16H18NO3P/c1-2-8-14-13(5-1)11-18-21(19-14)20-15-9-3-6-12-7-4-10-17-16(12)15/h3-4,6-7,9-10,13-14H,1-2,5,8,11H2. The Morgan fingerprint density at radius 2 is 2.05 bits per heavy atom. The molecule has 2 aromatic rings. The molecule has 3 atom stereocenters. The first-order valence-electron chi connectivity index (χ1n) is 7.52. The van der Waals surface area contributed by atoms with Gasteiger partial charge in [0.2, 0.25) is 0 Å². The highest BCUT2D eigenvalue weighted by atomic mass is 31.2. The van der Waals surface area contributed by atoms with Crippen molar-refractivity contribution in [1.29, 1.82) is 0 Å².